The monoisotopic (exact) mass is 314 g/mol. The van der Waals surface area contributed by atoms with E-state index in [9.17, 15) is 4.79 Å². The number of carbonyl (C=O) groups excluding carboxylic acids is 1. The van der Waals surface area contributed by atoms with Crippen molar-refractivity contribution in [1.82, 2.24) is 19.9 Å². The molecule has 23 heavy (non-hydrogen) atoms. The van der Waals surface area contributed by atoms with Gasteiger partial charge in [-0.15, -0.1) is 0 Å². The van der Waals surface area contributed by atoms with Crippen LogP contribution in [0.1, 0.15) is 30.0 Å². The third-order valence-corrected chi connectivity index (χ3v) is 4.39. The summed E-state index contributed by atoms with van der Waals surface area (Å²) in [6.07, 6.45) is 4.02. The lowest BCUT2D eigenvalue weighted by Gasteiger charge is -2.38. The minimum absolute atomic E-state index is 0.118. The summed E-state index contributed by atoms with van der Waals surface area (Å²) in [7, 11) is 0. The molecule has 1 unspecified atom stereocenters. The Bertz CT molecular complexity index is 648. The van der Waals surface area contributed by atoms with Gasteiger partial charge in [-0.25, -0.2) is 0 Å². The Morgan fingerprint density at radius 3 is 2.74 bits per heavy atom. The molecular formula is C17H22N4O2. The second-order valence-corrected chi connectivity index (χ2v) is 5.98. The van der Waals surface area contributed by atoms with Crippen LogP contribution >= 0.6 is 0 Å². The summed E-state index contributed by atoms with van der Waals surface area (Å²) >= 11 is 0. The molecule has 1 aliphatic heterocycles. The highest BCUT2D eigenvalue weighted by atomic mass is 16.5. The first-order valence-corrected chi connectivity index (χ1v) is 7.97. The number of pyridine rings is 1. The molecule has 1 atom stereocenters. The largest absolute Gasteiger partial charge is 0.361 e. The zero-order chi connectivity index (χ0) is 16.2. The molecule has 1 fully saturated rings. The van der Waals surface area contributed by atoms with Crippen molar-refractivity contribution in [2.45, 2.75) is 26.3 Å². The minimum atomic E-state index is 0.118. The number of rotatable bonds is 4. The number of amides is 1. The quantitative estimate of drug-likeness (QED) is 0.861. The molecule has 0 N–H and O–H groups in total. The van der Waals surface area contributed by atoms with Gasteiger partial charge in [0.05, 0.1) is 12.1 Å². The maximum atomic E-state index is 12.3. The molecular weight excluding hydrogens is 292 g/mol. The number of hydrogen-bond acceptors (Lipinski definition) is 5. The molecule has 0 radical (unpaired) electrons. The highest BCUT2D eigenvalue weighted by Crippen LogP contribution is 2.20. The lowest BCUT2D eigenvalue weighted by atomic mass is 10.1. The summed E-state index contributed by atoms with van der Waals surface area (Å²) in [5.74, 6) is 0.856. The second-order valence-electron chi connectivity index (χ2n) is 5.98. The van der Waals surface area contributed by atoms with Gasteiger partial charge in [0, 0.05) is 50.7 Å². The van der Waals surface area contributed by atoms with Crippen molar-refractivity contribution in [2.24, 2.45) is 0 Å². The first-order chi connectivity index (χ1) is 11.1. The summed E-state index contributed by atoms with van der Waals surface area (Å²) in [5, 5.41) is 3.89. The van der Waals surface area contributed by atoms with Gasteiger partial charge < -0.3 is 9.42 Å². The summed E-state index contributed by atoms with van der Waals surface area (Å²) in [6.45, 7) is 7.27. The number of aromatic nitrogens is 2. The van der Waals surface area contributed by atoms with Gasteiger partial charge in [-0.2, -0.15) is 0 Å². The maximum absolute atomic E-state index is 12.3. The Hall–Kier alpha value is -2.21. The molecule has 1 amide bonds. The van der Waals surface area contributed by atoms with Crippen molar-refractivity contribution >= 4 is 5.91 Å². The SMILES string of the molecule is Cc1cc(CC(=O)N2CCN(C(C)c3cccnc3)CC2)no1. The predicted molar refractivity (Wildman–Crippen MR) is 85.7 cm³/mol. The minimum Gasteiger partial charge on any atom is -0.361 e. The van der Waals surface area contributed by atoms with Crippen LogP contribution in [0.4, 0.5) is 0 Å². The van der Waals surface area contributed by atoms with Crippen molar-refractivity contribution in [3.8, 4) is 0 Å². The molecule has 0 spiro atoms. The highest BCUT2D eigenvalue weighted by molar-refractivity contribution is 5.78. The van der Waals surface area contributed by atoms with Crippen molar-refractivity contribution in [3.05, 3.63) is 47.6 Å². The van der Waals surface area contributed by atoms with Crippen LogP contribution in [0.2, 0.25) is 0 Å². The molecule has 6 heteroatoms. The van der Waals surface area contributed by atoms with E-state index in [1.807, 2.05) is 30.2 Å². The molecule has 2 aromatic rings. The smallest absolute Gasteiger partial charge is 0.228 e. The van der Waals surface area contributed by atoms with E-state index in [4.69, 9.17) is 4.52 Å². The zero-order valence-electron chi connectivity index (χ0n) is 13.6. The molecule has 0 aromatic carbocycles. The van der Waals surface area contributed by atoms with Crippen molar-refractivity contribution in [3.63, 3.8) is 0 Å². The van der Waals surface area contributed by atoms with Crippen LogP contribution in [0.3, 0.4) is 0 Å². The van der Waals surface area contributed by atoms with E-state index in [0.29, 0.717) is 18.2 Å². The average molecular weight is 314 g/mol. The Morgan fingerprint density at radius 2 is 2.13 bits per heavy atom. The van der Waals surface area contributed by atoms with E-state index in [1.54, 1.807) is 6.20 Å². The number of carbonyl (C=O) groups is 1. The van der Waals surface area contributed by atoms with E-state index >= 15 is 0 Å². The fraction of sp³-hybridized carbons (Fsp3) is 0.471. The van der Waals surface area contributed by atoms with E-state index in [1.165, 1.54) is 5.56 Å². The van der Waals surface area contributed by atoms with Crippen molar-refractivity contribution in [1.29, 1.82) is 0 Å². The Balaban J connectivity index is 1.53. The van der Waals surface area contributed by atoms with Crippen LogP contribution < -0.4 is 0 Å². The number of hydrogen-bond donors (Lipinski definition) is 0. The topological polar surface area (TPSA) is 62.5 Å². The molecule has 0 saturated carbocycles. The Labute approximate surface area is 136 Å². The molecule has 1 aliphatic rings. The van der Waals surface area contributed by atoms with Crippen LogP contribution in [0.5, 0.6) is 0 Å². The van der Waals surface area contributed by atoms with Crippen LogP contribution in [0.15, 0.2) is 35.1 Å². The van der Waals surface area contributed by atoms with Gasteiger partial charge in [0.15, 0.2) is 0 Å². The highest BCUT2D eigenvalue weighted by Gasteiger charge is 2.25. The van der Waals surface area contributed by atoms with Gasteiger partial charge in [-0.3, -0.25) is 14.7 Å². The summed E-state index contributed by atoms with van der Waals surface area (Å²) in [4.78, 5) is 20.8. The predicted octanol–water partition coefficient (Wildman–Crippen LogP) is 1.83. The Kier molecular flexibility index (Phi) is 4.71. The summed E-state index contributed by atoms with van der Waals surface area (Å²) < 4.78 is 5.02. The number of aryl methyl sites for hydroxylation is 1. The first kappa shape index (κ1) is 15.7. The lowest BCUT2D eigenvalue weighted by Crippen LogP contribution is -2.49. The maximum Gasteiger partial charge on any atom is 0.228 e. The van der Waals surface area contributed by atoms with Crippen molar-refractivity contribution in [2.75, 3.05) is 26.2 Å². The standard InChI is InChI=1S/C17H22N4O2/c1-13-10-16(19-23-13)11-17(22)21-8-6-20(7-9-21)14(2)15-4-3-5-18-12-15/h3-5,10,12,14H,6-9,11H2,1-2H3. The summed E-state index contributed by atoms with van der Waals surface area (Å²) in [6, 6.07) is 6.20. The lowest BCUT2D eigenvalue weighted by molar-refractivity contribution is -0.132. The van der Waals surface area contributed by atoms with Crippen molar-refractivity contribution < 1.29 is 9.32 Å². The third kappa shape index (κ3) is 3.76. The summed E-state index contributed by atoms with van der Waals surface area (Å²) in [5.41, 5.74) is 1.92. The molecule has 6 nitrogen and oxygen atoms in total. The van der Waals surface area contributed by atoms with E-state index in [0.717, 1.165) is 31.9 Å². The second kappa shape index (κ2) is 6.91. The zero-order valence-corrected chi connectivity index (χ0v) is 13.6. The fourth-order valence-electron chi connectivity index (χ4n) is 2.96. The average Bonchev–Trinajstić information content (AvgIpc) is 3.00. The molecule has 2 aromatic heterocycles. The van der Waals surface area contributed by atoms with E-state index in [-0.39, 0.29) is 5.91 Å². The molecule has 0 aliphatic carbocycles. The molecule has 1 saturated heterocycles. The third-order valence-electron chi connectivity index (χ3n) is 4.39. The van der Waals surface area contributed by atoms with Crippen LogP contribution in [0.25, 0.3) is 0 Å². The van der Waals surface area contributed by atoms with Crippen LogP contribution in [0, 0.1) is 6.92 Å². The number of piperazine rings is 1. The molecule has 3 rings (SSSR count). The van der Waals surface area contributed by atoms with Gasteiger partial charge in [0.2, 0.25) is 5.91 Å². The van der Waals surface area contributed by atoms with Gasteiger partial charge in [0.1, 0.15) is 5.76 Å². The number of nitrogens with zero attached hydrogens (tertiary/aromatic N) is 4. The normalized spacial score (nSPS) is 17.2. The van der Waals surface area contributed by atoms with Crippen LogP contribution in [-0.2, 0) is 11.2 Å². The fourth-order valence-corrected chi connectivity index (χ4v) is 2.96. The molecule has 3 heterocycles. The molecule has 0 bridgehead atoms. The van der Waals surface area contributed by atoms with Gasteiger partial charge in [-0.05, 0) is 25.5 Å². The first-order valence-electron chi connectivity index (χ1n) is 7.97. The van der Waals surface area contributed by atoms with Gasteiger partial charge in [0.25, 0.3) is 0 Å². The Morgan fingerprint density at radius 1 is 1.35 bits per heavy atom. The van der Waals surface area contributed by atoms with Gasteiger partial charge >= 0.3 is 0 Å². The molecule has 122 valence electrons. The van der Waals surface area contributed by atoms with E-state index < -0.39 is 0 Å². The van der Waals surface area contributed by atoms with Crippen LogP contribution in [-0.4, -0.2) is 52.0 Å². The van der Waals surface area contributed by atoms with Gasteiger partial charge in [-0.1, -0.05) is 11.2 Å². The van der Waals surface area contributed by atoms with E-state index in [2.05, 4.69) is 28.0 Å².